The van der Waals surface area contributed by atoms with Crippen molar-refractivity contribution in [3.63, 3.8) is 0 Å². The van der Waals surface area contributed by atoms with Gasteiger partial charge in [0.1, 0.15) is 5.75 Å². The highest BCUT2D eigenvalue weighted by Gasteiger charge is 2.38. The first-order chi connectivity index (χ1) is 9.22. The molecule has 4 nitrogen and oxygen atoms in total. The van der Waals surface area contributed by atoms with Crippen molar-refractivity contribution in [2.75, 3.05) is 14.2 Å². The number of pyridine rings is 1. The van der Waals surface area contributed by atoms with Crippen LogP contribution in [-0.2, 0) is 4.74 Å². The molecule has 1 aromatic rings. The smallest absolute Gasteiger partial charge is 0.137 e. The molecule has 0 saturated heterocycles. The Balaban J connectivity index is 2.25. The van der Waals surface area contributed by atoms with Crippen molar-refractivity contribution in [3.05, 3.63) is 24.0 Å². The van der Waals surface area contributed by atoms with Gasteiger partial charge in [0.2, 0.25) is 0 Å². The fraction of sp³-hybridized carbons (Fsp3) is 0.667. The minimum atomic E-state index is -0.259. The molecule has 2 N–H and O–H groups in total. The summed E-state index contributed by atoms with van der Waals surface area (Å²) in [6.07, 6.45) is 10.5. The summed E-state index contributed by atoms with van der Waals surface area (Å²) in [7, 11) is 3.42. The second kappa shape index (κ2) is 6.35. The Bertz CT molecular complexity index is 401. The van der Waals surface area contributed by atoms with Crippen LogP contribution in [0, 0.1) is 0 Å². The van der Waals surface area contributed by atoms with Crippen molar-refractivity contribution < 1.29 is 9.47 Å². The van der Waals surface area contributed by atoms with Crippen LogP contribution in [0.1, 0.15) is 50.1 Å². The summed E-state index contributed by atoms with van der Waals surface area (Å²) >= 11 is 0. The molecule has 1 aliphatic carbocycles. The quantitative estimate of drug-likeness (QED) is 0.850. The summed E-state index contributed by atoms with van der Waals surface area (Å²) in [6, 6.07) is 1.81. The normalized spacial score (nSPS) is 20.6. The second-order valence-corrected chi connectivity index (χ2v) is 5.32. The molecule has 2 rings (SSSR count). The zero-order valence-electron chi connectivity index (χ0n) is 11.9. The molecular formula is C15H24N2O2. The van der Waals surface area contributed by atoms with E-state index in [1.807, 2.05) is 12.3 Å². The van der Waals surface area contributed by atoms with Gasteiger partial charge in [-0.25, -0.2) is 0 Å². The molecule has 1 fully saturated rings. The molecule has 0 radical (unpaired) electrons. The average Bonchev–Trinajstić information content (AvgIpc) is 2.73. The SMILES string of the molecule is COc1cncc(C(N)C2(OC)CCCCCC2)c1. The van der Waals surface area contributed by atoms with Gasteiger partial charge in [-0.15, -0.1) is 0 Å². The third-order valence-corrected chi connectivity index (χ3v) is 4.25. The number of hydrogen-bond donors (Lipinski definition) is 1. The van der Waals surface area contributed by atoms with Crippen LogP contribution >= 0.6 is 0 Å². The van der Waals surface area contributed by atoms with E-state index < -0.39 is 0 Å². The van der Waals surface area contributed by atoms with E-state index in [1.54, 1.807) is 20.4 Å². The van der Waals surface area contributed by atoms with Crippen LogP contribution in [0.3, 0.4) is 0 Å². The molecule has 106 valence electrons. The predicted octanol–water partition coefficient (Wildman–Crippen LogP) is 2.83. The highest BCUT2D eigenvalue weighted by Crippen LogP contribution is 2.39. The highest BCUT2D eigenvalue weighted by molar-refractivity contribution is 5.27. The molecule has 1 aliphatic rings. The van der Waals surface area contributed by atoms with E-state index in [1.165, 1.54) is 25.7 Å². The van der Waals surface area contributed by atoms with Crippen molar-refractivity contribution in [3.8, 4) is 5.75 Å². The summed E-state index contributed by atoms with van der Waals surface area (Å²) in [6.45, 7) is 0. The van der Waals surface area contributed by atoms with Gasteiger partial charge < -0.3 is 15.2 Å². The molecule has 1 aromatic heterocycles. The van der Waals surface area contributed by atoms with Crippen LogP contribution in [0.25, 0.3) is 0 Å². The lowest BCUT2D eigenvalue weighted by Crippen LogP contribution is -2.42. The molecule has 19 heavy (non-hydrogen) atoms. The number of nitrogens with two attached hydrogens (primary N) is 1. The molecule has 0 amide bonds. The third kappa shape index (κ3) is 3.07. The fourth-order valence-corrected chi connectivity index (χ4v) is 2.99. The summed E-state index contributed by atoms with van der Waals surface area (Å²) in [4.78, 5) is 4.20. The van der Waals surface area contributed by atoms with Gasteiger partial charge in [0.15, 0.2) is 0 Å². The Kier molecular flexibility index (Phi) is 4.77. The first-order valence-electron chi connectivity index (χ1n) is 7.01. The maximum atomic E-state index is 6.49. The van der Waals surface area contributed by atoms with Crippen LogP contribution in [0.2, 0.25) is 0 Å². The summed E-state index contributed by atoms with van der Waals surface area (Å²) in [5.41, 5.74) is 7.22. The van der Waals surface area contributed by atoms with E-state index in [4.69, 9.17) is 15.2 Å². The molecule has 1 heterocycles. The molecular weight excluding hydrogens is 240 g/mol. The number of hydrogen-bond acceptors (Lipinski definition) is 4. The maximum absolute atomic E-state index is 6.49. The summed E-state index contributed by atoms with van der Waals surface area (Å²) < 4.78 is 11.1. The number of methoxy groups -OCH3 is 2. The van der Waals surface area contributed by atoms with Crippen molar-refractivity contribution in [1.29, 1.82) is 0 Å². The van der Waals surface area contributed by atoms with Crippen LogP contribution in [0.5, 0.6) is 5.75 Å². The zero-order valence-corrected chi connectivity index (χ0v) is 11.9. The minimum absolute atomic E-state index is 0.154. The Morgan fingerprint density at radius 1 is 1.16 bits per heavy atom. The van der Waals surface area contributed by atoms with E-state index in [2.05, 4.69) is 4.98 Å². The van der Waals surface area contributed by atoms with Gasteiger partial charge in [0.25, 0.3) is 0 Å². The van der Waals surface area contributed by atoms with Gasteiger partial charge in [-0.3, -0.25) is 4.98 Å². The van der Waals surface area contributed by atoms with E-state index in [0.29, 0.717) is 0 Å². The predicted molar refractivity (Wildman–Crippen MR) is 75.2 cm³/mol. The van der Waals surface area contributed by atoms with Gasteiger partial charge in [0.05, 0.1) is 24.9 Å². The molecule has 4 heteroatoms. The highest BCUT2D eigenvalue weighted by atomic mass is 16.5. The Morgan fingerprint density at radius 2 is 1.84 bits per heavy atom. The van der Waals surface area contributed by atoms with Crippen LogP contribution in [0.4, 0.5) is 0 Å². The van der Waals surface area contributed by atoms with Gasteiger partial charge in [0, 0.05) is 13.3 Å². The topological polar surface area (TPSA) is 57.4 Å². The fourth-order valence-electron chi connectivity index (χ4n) is 2.99. The van der Waals surface area contributed by atoms with Crippen LogP contribution in [-0.4, -0.2) is 24.8 Å². The standard InChI is InChI=1S/C15H24N2O2/c1-18-13-9-12(10-17-11-13)14(16)15(19-2)7-5-3-4-6-8-15/h9-11,14H,3-8,16H2,1-2H3. The maximum Gasteiger partial charge on any atom is 0.137 e. The number of rotatable bonds is 4. The summed E-state index contributed by atoms with van der Waals surface area (Å²) in [5.74, 6) is 0.743. The van der Waals surface area contributed by atoms with Crippen LogP contribution in [0.15, 0.2) is 18.5 Å². The lowest BCUT2D eigenvalue weighted by molar-refractivity contribution is -0.0443. The molecule has 0 aromatic carbocycles. The molecule has 0 bridgehead atoms. The third-order valence-electron chi connectivity index (χ3n) is 4.25. The lowest BCUT2D eigenvalue weighted by Gasteiger charge is -2.37. The molecule has 0 spiro atoms. The number of aromatic nitrogens is 1. The van der Waals surface area contributed by atoms with E-state index >= 15 is 0 Å². The molecule has 1 atom stereocenters. The van der Waals surface area contributed by atoms with Gasteiger partial charge >= 0.3 is 0 Å². The van der Waals surface area contributed by atoms with Crippen molar-refractivity contribution in [2.45, 2.75) is 50.2 Å². The van der Waals surface area contributed by atoms with E-state index in [0.717, 1.165) is 24.2 Å². The second-order valence-electron chi connectivity index (χ2n) is 5.32. The summed E-state index contributed by atoms with van der Waals surface area (Å²) in [5, 5.41) is 0. The van der Waals surface area contributed by atoms with Gasteiger partial charge in [-0.1, -0.05) is 25.7 Å². The number of ether oxygens (including phenoxy) is 2. The monoisotopic (exact) mass is 264 g/mol. The van der Waals surface area contributed by atoms with Crippen molar-refractivity contribution >= 4 is 0 Å². The molecule has 1 saturated carbocycles. The minimum Gasteiger partial charge on any atom is -0.495 e. The first kappa shape index (κ1) is 14.3. The average molecular weight is 264 g/mol. The van der Waals surface area contributed by atoms with E-state index in [9.17, 15) is 0 Å². The van der Waals surface area contributed by atoms with Crippen LogP contribution < -0.4 is 10.5 Å². The zero-order chi connectivity index (χ0) is 13.7. The Morgan fingerprint density at radius 3 is 2.42 bits per heavy atom. The van der Waals surface area contributed by atoms with Gasteiger partial charge in [-0.05, 0) is 24.5 Å². The van der Waals surface area contributed by atoms with Crippen molar-refractivity contribution in [2.24, 2.45) is 5.73 Å². The molecule has 1 unspecified atom stereocenters. The van der Waals surface area contributed by atoms with E-state index in [-0.39, 0.29) is 11.6 Å². The molecule has 0 aliphatic heterocycles. The Hall–Kier alpha value is -1.13. The van der Waals surface area contributed by atoms with Crippen molar-refractivity contribution in [1.82, 2.24) is 4.98 Å². The number of nitrogens with zero attached hydrogens (tertiary/aromatic N) is 1. The van der Waals surface area contributed by atoms with Gasteiger partial charge in [-0.2, -0.15) is 0 Å². The largest absolute Gasteiger partial charge is 0.495 e. The Labute approximate surface area is 115 Å². The lowest BCUT2D eigenvalue weighted by atomic mass is 9.83. The first-order valence-corrected chi connectivity index (χ1v) is 7.01.